The van der Waals surface area contributed by atoms with Crippen LogP contribution in [0.2, 0.25) is 10.0 Å². The monoisotopic (exact) mass is 333 g/mol. The first kappa shape index (κ1) is 15.7. The van der Waals surface area contributed by atoms with Crippen molar-refractivity contribution in [1.82, 2.24) is 5.32 Å². The van der Waals surface area contributed by atoms with Gasteiger partial charge in [-0.2, -0.15) is 0 Å². The zero-order valence-corrected chi connectivity index (χ0v) is 13.1. The third-order valence-corrected chi connectivity index (χ3v) is 4.63. The Labute approximate surface area is 131 Å². The summed E-state index contributed by atoms with van der Waals surface area (Å²) in [5, 5.41) is 15.2. The second-order valence-corrected chi connectivity index (χ2v) is 6.52. The molecule has 108 valence electrons. The molecule has 6 heteroatoms. The Morgan fingerprint density at radius 3 is 2.70 bits per heavy atom. The number of benzene rings is 1. The number of aliphatic hydroxyl groups is 1. The summed E-state index contributed by atoms with van der Waals surface area (Å²) in [6.07, 6.45) is 0. The fourth-order valence-corrected chi connectivity index (χ4v) is 3.11. The first-order chi connectivity index (χ1) is 9.46. The Morgan fingerprint density at radius 1 is 1.35 bits per heavy atom. The van der Waals surface area contributed by atoms with Crippen LogP contribution in [0.25, 0.3) is 0 Å². The molecule has 0 aliphatic heterocycles. The van der Waals surface area contributed by atoms with Gasteiger partial charge in [0.15, 0.2) is 0 Å². The molecule has 1 heterocycles. The quantitative estimate of drug-likeness (QED) is 0.804. The zero-order chi connectivity index (χ0) is 14.8. The molecule has 2 nitrogen and oxygen atoms in total. The molecule has 1 aromatic carbocycles. The molecular weight excluding hydrogens is 320 g/mol. The predicted molar refractivity (Wildman–Crippen MR) is 82.0 cm³/mol. The summed E-state index contributed by atoms with van der Waals surface area (Å²) in [4.78, 5) is 1.12. The topological polar surface area (TPSA) is 32.3 Å². The first-order valence-corrected chi connectivity index (χ1v) is 7.63. The van der Waals surface area contributed by atoms with Crippen molar-refractivity contribution in [1.29, 1.82) is 0 Å². The largest absolute Gasteiger partial charge is 0.394 e. The van der Waals surface area contributed by atoms with Crippen LogP contribution in [0.4, 0.5) is 4.39 Å². The van der Waals surface area contributed by atoms with Gasteiger partial charge in [-0.25, -0.2) is 4.39 Å². The van der Waals surface area contributed by atoms with E-state index in [2.05, 4.69) is 5.32 Å². The number of nitrogens with one attached hydrogen (secondary N) is 1. The standard InChI is InChI=1S/C14H14Cl2FNOS/c1-14(8-19,18-7-9-3-2-4-20-9)10-5-13(17)12(16)6-11(10)15/h2-6,18-19H,7-8H2,1H3. The lowest BCUT2D eigenvalue weighted by molar-refractivity contribution is 0.173. The van der Waals surface area contributed by atoms with Crippen molar-refractivity contribution in [2.45, 2.75) is 19.0 Å². The maximum Gasteiger partial charge on any atom is 0.142 e. The van der Waals surface area contributed by atoms with E-state index in [-0.39, 0.29) is 11.6 Å². The fraction of sp³-hybridized carbons (Fsp3) is 0.286. The molecule has 0 radical (unpaired) electrons. The van der Waals surface area contributed by atoms with Gasteiger partial charge < -0.3 is 10.4 Å². The third kappa shape index (κ3) is 3.32. The second kappa shape index (κ2) is 6.41. The van der Waals surface area contributed by atoms with Crippen molar-refractivity contribution in [3.8, 4) is 0 Å². The van der Waals surface area contributed by atoms with E-state index < -0.39 is 11.4 Å². The predicted octanol–water partition coefficient (Wildman–Crippen LogP) is 4.19. The normalized spacial score (nSPS) is 14.2. The molecule has 2 aromatic rings. The van der Waals surface area contributed by atoms with Gasteiger partial charge in [0.25, 0.3) is 0 Å². The molecule has 20 heavy (non-hydrogen) atoms. The summed E-state index contributed by atoms with van der Waals surface area (Å²) in [5.41, 5.74) is -0.355. The molecule has 0 amide bonds. The molecule has 1 atom stereocenters. The van der Waals surface area contributed by atoms with Crippen molar-refractivity contribution in [3.05, 3.63) is 55.9 Å². The highest BCUT2D eigenvalue weighted by atomic mass is 35.5. The van der Waals surface area contributed by atoms with Gasteiger partial charge in [0.1, 0.15) is 5.82 Å². The van der Waals surface area contributed by atoms with Crippen LogP contribution >= 0.6 is 34.5 Å². The van der Waals surface area contributed by atoms with E-state index in [0.29, 0.717) is 17.1 Å². The number of halogens is 3. The lowest BCUT2D eigenvalue weighted by atomic mass is 9.92. The van der Waals surface area contributed by atoms with Gasteiger partial charge in [-0.05, 0) is 36.1 Å². The van der Waals surface area contributed by atoms with Crippen LogP contribution in [0, 0.1) is 5.82 Å². The van der Waals surface area contributed by atoms with Crippen LogP contribution in [-0.2, 0) is 12.1 Å². The van der Waals surface area contributed by atoms with E-state index >= 15 is 0 Å². The Balaban J connectivity index is 2.27. The van der Waals surface area contributed by atoms with Crippen LogP contribution in [0.15, 0.2) is 29.6 Å². The van der Waals surface area contributed by atoms with Gasteiger partial charge in [0, 0.05) is 16.4 Å². The van der Waals surface area contributed by atoms with Crippen LogP contribution in [0.1, 0.15) is 17.4 Å². The number of aliphatic hydroxyl groups excluding tert-OH is 1. The zero-order valence-electron chi connectivity index (χ0n) is 10.8. The van der Waals surface area contributed by atoms with Gasteiger partial charge in [-0.3, -0.25) is 0 Å². The average Bonchev–Trinajstić information content (AvgIpc) is 2.93. The summed E-state index contributed by atoms with van der Waals surface area (Å²) < 4.78 is 13.6. The van der Waals surface area contributed by atoms with Gasteiger partial charge in [0.2, 0.25) is 0 Å². The molecule has 0 aliphatic carbocycles. The second-order valence-electron chi connectivity index (χ2n) is 4.67. The minimum Gasteiger partial charge on any atom is -0.394 e. The minimum atomic E-state index is -0.841. The lowest BCUT2D eigenvalue weighted by Gasteiger charge is -2.30. The number of rotatable bonds is 5. The smallest absolute Gasteiger partial charge is 0.142 e. The highest BCUT2D eigenvalue weighted by Gasteiger charge is 2.29. The van der Waals surface area contributed by atoms with Gasteiger partial charge in [0.05, 0.1) is 17.2 Å². The summed E-state index contributed by atoms with van der Waals surface area (Å²) >= 11 is 13.4. The minimum absolute atomic E-state index is 0.0303. The Hall–Kier alpha value is -0.650. The molecule has 1 aromatic heterocycles. The molecular formula is C14H14Cl2FNOS. The molecule has 1 unspecified atom stereocenters. The van der Waals surface area contributed by atoms with E-state index in [1.54, 1.807) is 18.3 Å². The van der Waals surface area contributed by atoms with E-state index in [0.717, 1.165) is 4.88 Å². The van der Waals surface area contributed by atoms with Crippen molar-refractivity contribution in [2.75, 3.05) is 6.61 Å². The third-order valence-electron chi connectivity index (χ3n) is 3.15. The summed E-state index contributed by atoms with van der Waals surface area (Å²) in [5.74, 6) is -0.552. The fourth-order valence-electron chi connectivity index (χ4n) is 1.88. The molecule has 0 saturated heterocycles. The Kier molecular flexibility index (Phi) is 5.04. The SMILES string of the molecule is CC(CO)(NCc1cccs1)c1cc(F)c(Cl)cc1Cl. The average molecular weight is 334 g/mol. The van der Waals surface area contributed by atoms with E-state index in [1.807, 2.05) is 17.5 Å². The number of thiophene rings is 1. The van der Waals surface area contributed by atoms with Crippen molar-refractivity contribution in [3.63, 3.8) is 0 Å². The lowest BCUT2D eigenvalue weighted by Crippen LogP contribution is -2.42. The Bertz CT molecular complexity index is 591. The molecule has 0 aliphatic rings. The molecule has 0 spiro atoms. The van der Waals surface area contributed by atoms with Crippen LogP contribution < -0.4 is 5.32 Å². The van der Waals surface area contributed by atoms with Crippen LogP contribution in [-0.4, -0.2) is 11.7 Å². The summed E-state index contributed by atoms with van der Waals surface area (Å²) in [6, 6.07) is 6.56. The summed E-state index contributed by atoms with van der Waals surface area (Å²) in [6.45, 7) is 2.13. The number of hydrogen-bond acceptors (Lipinski definition) is 3. The van der Waals surface area contributed by atoms with E-state index in [1.165, 1.54) is 12.1 Å². The van der Waals surface area contributed by atoms with Gasteiger partial charge in [-0.1, -0.05) is 29.3 Å². The number of hydrogen-bond donors (Lipinski definition) is 2. The molecule has 2 rings (SSSR count). The Morgan fingerprint density at radius 2 is 2.10 bits per heavy atom. The maximum atomic E-state index is 13.6. The van der Waals surface area contributed by atoms with Crippen LogP contribution in [0.5, 0.6) is 0 Å². The van der Waals surface area contributed by atoms with Gasteiger partial charge >= 0.3 is 0 Å². The van der Waals surface area contributed by atoms with E-state index in [9.17, 15) is 9.50 Å². The molecule has 0 fully saturated rings. The van der Waals surface area contributed by atoms with Crippen molar-refractivity contribution >= 4 is 34.5 Å². The first-order valence-electron chi connectivity index (χ1n) is 5.99. The van der Waals surface area contributed by atoms with Crippen molar-refractivity contribution < 1.29 is 9.50 Å². The van der Waals surface area contributed by atoms with E-state index in [4.69, 9.17) is 23.2 Å². The van der Waals surface area contributed by atoms with Crippen LogP contribution in [0.3, 0.4) is 0 Å². The summed E-state index contributed by atoms with van der Waals surface area (Å²) in [7, 11) is 0. The maximum absolute atomic E-state index is 13.6. The highest BCUT2D eigenvalue weighted by molar-refractivity contribution is 7.09. The molecule has 0 saturated carbocycles. The molecule has 0 bridgehead atoms. The van der Waals surface area contributed by atoms with Gasteiger partial charge in [-0.15, -0.1) is 11.3 Å². The molecule has 2 N–H and O–H groups in total. The van der Waals surface area contributed by atoms with Crippen molar-refractivity contribution in [2.24, 2.45) is 0 Å². The highest BCUT2D eigenvalue weighted by Crippen LogP contribution is 2.32.